The van der Waals surface area contributed by atoms with Gasteiger partial charge in [-0.05, 0) is 12.1 Å². The number of para-hydroxylation sites is 1. The van der Waals surface area contributed by atoms with E-state index in [2.05, 4.69) is 25.7 Å². The standard InChI is InChI=1S/C20H13N7O5S/c28-16-11-13(26(29)30)10-15(27(31)32)18(16)22-23-19(12-6-2-1-3-7-12)24-25-20-21-14-8-4-5-9-17(14)33-20/h1-11,22,28H. The zero-order valence-electron chi connectivity index (χ0n) is 16.5. The minimum atomic E-state index is -0.866. The van der Waals surface area contributed by atoms with Gasteiger partial charge in [-0.1, -0.05) is 53.8 Å². The van der Waals surface area contributed by atoms with Crippen LogP contribution >= 0.6 is 11.3 Å². The van der Waals surface area contributed by atoms with Gasteiger partial charge < -0.3 is 5.11 Å². The molecule has 0 saturated carbocycles. The molecule has 164 valence electrons. The lowest BCUT2D eigenvalue weighted by Crippen LogP contribution is -2.03. The van der Waals surface area contributed by atoms with Crippen LogP contribution in [0.4, 0.5) is 22.2 Å². The summed E-state index contributed by atoms with van der Waals surface area (Å²) in [6.45, 7) is 0. The van der Waals surface area contributed by atoms with Gasteiger partial charge in [0.05, 0.1) is 32.2 Å². The normalized spacial score (nSPS) is 11.7. The molecule has 0 amide bonds. The number of fused-ring (bicyclic) bond motifs is 1. The highest BCUT2D eigenvalue weighted by molar-refractivity contribution is 7.21. The average Bonchev–Trinajstić information content (AvgIpc) is 3.23. The number of non-ortho nitro benzene ring substituents is 1. The molecule has 1 aromatic heterocycles. The zero-order chi connectivity index (χ0) is 23.4. The first-order valence-electron chi connectivity index (χ1n) is 9.24. The molecule has 0 atom stereocenters. The first kappa shape index (κ1) is 21.5. The number of nitrogens with zero attached hydrogens (tertiary/aromatic N) is 6. The summed E-state index contributed by atoms with van der Waals surface area (Å²) < 4.78 is 0.925. The van der Waals surface area contributed by atoms with E-state index >= 15 is 0 Å². The number of rotatable bonds is 6. The van der Waals surface area contributed by atoms with Crippen LogP contribution in [0.2, 0.25) is 0 Å². The molecule has 0 aliphatic rings. The number of nitrogens with one attached hydrogen (secondary N) is 1. The van der Waals surface area contributed by atoms with Gasteiger partial charge in [0.15, 0.2) is 11.4 Å². The van der Waals surface area contributed by atoms with Gasteiger partial charge in [0.1, 0.15) is 0 Å². The van der Waals surface area contributed by atoms with Crippen LogP contribution in [0.5, 0.6) is 5.75 Å². The van der Waals surface area contributed by atoms with Crippen LogP contribution in [0.3, 0.4) is 0 Å². The summed E-state index contributed by atoms with van der Waals surface area (Å²) in [5.41, 5.74) is 1.91. The first-order chi connectivity index (χ1) is 15.9. The fraction of sp³-hybridized carbons (Fsp3) is 0. The monoisotopic (exact) mass is 463 g/mol. The minimum Gasteiger partial charge on any atom is -0.505 e. The maximum absolute atomic E-state index is 11.4. The summed E-state index contributed by atoms with van der Waals surface area (Å²) in [7, 11) is 0. The molecule has 0 fully saturated rings. The molecule has 0 bridgehead atoms. The number of aromatic hydroxyl groups is 1. The SMILES string of the molecule is O=[N+]([O-])c1cc(O)c(NN=C(N=Nc2nc3ccccc3s2)c2ccccc2)c([N+](=O)[O-])c1. The highest BCUT2D eigenvalue weighted by Gasteiger charge is 2.24. The van der Waals surface area contributed by atoms with Crippen LogP contribution in [0.1, 0.15) is 5.56 Å². The molecule has 4 aromatic rings. The van der Waals surface area contributed by atoms with Crippen molar-refractivity contribution in [3.05, 3.63) is 92.5 Å². The molecule has 0 aliphatic heterocycles. The number of phenols is 1. The topological polar surface area (TPSA) is 169 Å². The molecule has 1 heterocycles. The molecule has 4 rings (SSSR count). The molecule has 33 heavy (non-hydrogen) atoms. The third kappa shape index (κ3) is 4.77. The van der Waals surface area contributed by atoms with Crippen molar-refractivity contribution in [1.82, 2.24) is 4.98 Å². The molecule has 0 unspecified atom stereocenters. The molecular formula is C20H13N7O5S. The van der Waals surface area contributed by atoms with Crippen molar-refractivity contribution in [2.24, 2.45) is 15.3 Å². The molecule has 13 heteroatoms. The third-order valence-electron chi connectivity index (χ3n) is 4.31. The smallest absolute Gasteiger partial charge is 0.304 e. The molecule has 12 nitrogen and oxygen atoms in total. The first-order valence-corrected chi connectivity index (χ1v) is 10.1. The van der Waals surface area contributed by atoms with Crippen molar-refractivity contribution in [3.8, 4) is 5.75 Å². The minimum absolute atomic E-state index is 0.0434. The Labute approximate surface area is 188 Å². The Balaban J connectivity index is 1.72. The van der Waals surface area contributed by atoms with E-state index in [1.807, 2.05) is 24.3 Å². The number of hydrogen-bond acceptors (Lipinski definition) is 10. The van der Waals surface area contributed by atoms with Crippen LogP contribution in [0, 0.1) is 20.2 Å². The van der Waals surface area contributed by atoms with Crippen molar-refractivity contribution < 1.29 is 15.0 Å². The van der Waals surface area contributed by atoms with Gasteiger partial charge in [0.2, 0.25) is 11.0 Å². The van der Waals surface area contributed by atoms with E-state index < -0.39 is 32.7 Å². The second-order valence-corrected chi connectivity index (χ2v) is 7.46. The molecule has 0 saturated heterocycles. The summed E-state index contributed by atoms with van der Waals surface area (Å²) in [6, 6.07) is 17.6. The van der Waals surface area contributed by atoms with E-state index in [1.165, 1.54) is 11.3 Å². The lowest BCUT2D eigenvalue weighted by atomic mass is 10.2. The van der Waals surface area contributed by atoms with Crippen molar-refractivity contribution in [2.75, 3.05) is 5.43 Å². The number of aromatic nitrogens is 1. The Morgan fingerprint density at radius 2 is 1.73 bits per heavy atom. The molecule has 3 aromatic carbocycles. The largest absolute Gasteiger partial charge is 0.505 e. The number of benzene rings is 3. The lowest BCUT2D eigenvalue weighted by Gasteiger charge is -2.06. The summed E-state index contributed by atoms with van der Waals surface area (Å²) in [6.07, 6.45) is 0. The summed E-state index contributed by atoms with van der Waals surface area (Å²) in [5.74, 6) is -0.669. The third-order valence-corrected chi connectivity index (χ3v) is 5.23. The average molecular weight is 463 g/mol. The van der Waals surface area contributed by atoms with Crippen LogP contribution < -0.4 is 5.43 Å². The molecule has 0 aliphatic carbocycles. The number of anilines is 1. The second kappa shape index (κ2) is 9.15. The van der Waals surface area contributed by atoms with Gasteiger partial charge in [-0.2, -0.15) is 5.10 Å². The van der Waals surface area contributed by atoms with Gasteiger partial charge in [0.25, 0.3) is 5.69 Å². The van der Waals surface area contributed by atoms with Gasteiger partial charge in [-0.25, -0.2) is 4.98 Å². The van der Waals surface area contributed by atoms with Crippen molar-refractivity contribution >= 4 is 49.6 Å². The summed E-state index contributed by atoms with van der Waals surface area (Å²) >= 11 is 1.32. The maximum Gasteiger partial charge on any atom is 0.304 e. The second-order valence-electron chi connectivity index (χ2n) is 6.45. The molecule has 0 spiro atoms. The lowest BCUT2D eigenvalue weighted by molar-refractivity contribution is -0.393. The number of nitro groups is 2. The molecule has 0 radical (unpaired) electrons. The molecular weight excluding hydrogens is 450 g/mol. The van der Waals surface area contributed by atoms with Crippen LogP contribution in [0.15, 0.2) is 82.1 Å². The Morgan fingerprint density at radius 3 is 2.42 bits per heavy atom. The van der Waals surface area contributed by atoms with E-state index in [4.69, 9.17) is 0 Å². The predicted molar refractivity (Wildman–Crippen MR) is 122 cm³/mol. The predicted octanol–water partition coefficient (Wildman–Crippen LogP) is 5.38. The maximum atomic E-state index is 11.4. The fourth-order valence-corrected chi connectivity index (χ4v) is 3.58. The van der Waals surface area contributed by atoms with Crippen molar-refractivity contribution in [3.63, 3.8) is 0 Å². The van der Waals surface area contributed by atoms with E-state index in [0.717, 1.165) is 22.3 Å². The number of hydrazone groups is 1. The van der Waals surface area contributed by atoms with E-state index in [9.17, 15) is 25.3 Å². The Hall–Kier alpha value is -4.78. The van der Waals surface area contributed by atoms with Crippen LogP contribution in [-0.2, 0) is 0 Å². The van der Waals surface area contributed by atoms with Crippen molar-refractivity contribution in [2.45, 2.75) is 0 Å². The highest BCUT2D eigenvalue weighted by Crippen LogP contribution is 2.38. The number of phenolic OH excluding ortho intramolecular Hbond substituents is 1. The van der Waals surface area contributed by atoms with Gasteiger partial charge in [-0.15, -0.1) is 10.2 Å². The quantitative estimate of drug-likeness (QED) is 0.0966. The highest BCUT2D eigenvalue weighted by atomic mass is 32.1. The van der Waals surface area contributed by atoms with Gasteiger partial charge in [-0.3, -0.25) is 25.7 Å². The Bertz CT molecular complexity index is 1390. The number of amidine groups is 1. The zero-order valence-corrected chi connectivity index (χ0v) is 17.3. The van der Waals surface area contributed by atoms with Crippen LogP contribution in [-0.4, -0.2) is 25.8 Å². The number of nitro benzene ring substituents is 2. The Kier molecular flexibility index (Phi) is 5.95. The fourth-order valence-electron chi connectivity index (χ4n) is 2.80. The molecule has 2 N–H and O–H groups in total. The number of hydrogen-bond donors (Lipinski definition) is 2. The van der Waals surface area contributed by atoms with Crippen molar-refractivity contribution in [1.29, 1.82) is 0 Å². The number of thiazole rings is 1. The van der Waals surface area contributed by atoms with E-state index in [1.54, 1.807) is 30.3 Å². The van der Waals surface area contributed by atoms with Gasteiger partial charge in [0, 0.05) is 5.56 Å². The summed E-state index contributed by atoms with van der Waals surface area (Å²) in [4.78, 5) is 25.0. The summed E-state index contributed by atoms with van der Waals surface area (Å²) in [5, 5.41) is 45.2. The number of azo groups is 1. The van der Waals surface area contributed by atoms with E-state index in [-0.39, 0.29) is 5.84 Å². The van der Waals surface area contributed by atoms with Gasteiger partial charge >= 0.3 is 5.69 Å². The Morgan fingerprint density at radius 1 is 1.00 bits per heavy atom. The van der Waals surface area contributed by atoms with Crippen LogP contribution in [0.25, 0.3) is 10.2 Å². The van der Waals surface area contributed by atoms with E-state index in [0.29, 0.717) is 10.7 Å².